The van der Waals surface area contributed by atoms with Gasteiger partial charge in [-0.15, -0.1) is 0 Å². The molecule has 1 amide bonds. The van der Waals surface area contributed by atoms with Crippen molar-refractivity contribution >= 4 is 27.3 Å². The van der Waals surface area contributed by atoms with E-state index in [1.165, 1.54) is 29.2 Å². The molecule has 0 radical (unpaired) electrons. The van der Waals surface area contributed by atoms with E-state index in [-0.39, 0.29) is 17.4 Å². The van der Waals surface area contributed by atoms with Crippen LogP contribution in [0.15, 0.2) is 83.8 Å². The van der Waals surface area contributed by atoms with Gasteiger partial charge >= 0.3 is 0 Å². The van der Waals surface area contributed by atoms with Gasteiger partial charge in [-0.25, -0.2) is 8.42 Å². The number of nitrogens with one attached hydrogen (secondary N) is 1. The maximum Gasteiger partial charge on any atom is 0.264 e. The van der Waals surface area contributed by atoms with Crippen molar-refractivity contribution in [2.75, 3.05) is 23.3 Å². The van der Waals surface area contributed by atoms with Crippen molar-refractivity contribution in [3.05, 3.63) is 84.4 Å². The highest BCUT2D eigenvalue weighted by Gasteiger charge is 2.16. The minimum absolute atomic E-state index is 0.112. The third kappa shape index (κ3) is 5.14. The van der Waals surface area contributed by atoms with Crippen molar-refractivity contribution in [2.45, 2.75) is 11.8 Å². The maximum atomic E-state index is 12.6. The molecule has 0 aliphatic heterocycles. The first kappa shape index (κ1) is 20.4. The normalized spacial score (nSPS) is 11.0. The summed E-state index contributed by atoms with van der Waals surface area (Å²) in [5, 5.41) is 0. The van der Waals surface area contributed by atoms with Crippen LogP contribution in [0.3, 0.4) is 0 Å². The molecule has 0 aliphatic rings. The molecule has 0 saturated carbocycles. The summed E-state index contributed by atoms with van der Waals surface area (Å²) in [4.78, 5) is 13.9. The lowest BCUT2D eigenvalue weighted by molar-refractivity contribution is -0.120. The zero-order chi connectivity index (χ0) is 20.9. The molecule has 0 unspecified atom stereocenters. The number of carbonyl (C=O) groups excluding carboxylic acids is 1. The molecule has 0 aromatic heterocycles. The van der Waals surface area contributed by atoms with Crippen molar-refractivity contribution < 1.29 is 17.9 Å². The number of sulfonamides is 1. The quantitative estimate of drug-likeness (QED) is 0.642. The second kappa shape index (κ2) is 8.79. The first-order valence-corrected chi connectivity index (χ1v) is 10.5. The molecule has 3 aromatic rings. The van der Waals surface area contributed by atoms with E-state index in [1.807, 2.05) is 49.4 Å². The van der Waals surface area contributed by atoms with E-state index in [0.29, 0.717) is 11.4 Å². The average Bonchev–Trinajstić information content (AvgIpc) is 2.74. The highest BCUT2D eigenvalue weighted by Crippen LogP contribution is 2.21. The van der Waals surface area contributed by atoms with Crippen LogP contribution in [0, 0.1) is 6.92 Å². The molecule has 0 heterocycles. The number of aryl methyl sites for hydroxylation is 1. The van der Waals surface area contributed by atoms with Crippen LogP contribution in [-0.2, 0) is 14.8 Å². The van der Waals surface area contributed by atoms with Crippen molar-refractivity contribution in [1.82, 2.24) is 0 Å². The fraction of sp³-hybridized carbons (Fsp3) is 0.136. The van der Waals surface area contributed by atoms with Gasteiger partial charge in [0.15, 0.2) is 6.61 Å². The highest BCUT2D eigenvalue weighted by molar-refractivity contribution is 7.92. The lowest BCUT2D eigenvalue weighted by Crippen LogP contribution is -2.31. The van der Waals surface area contributed by atoms with Gasteiger partial charge < -0.3 is 9.64 Å². The maximum absolute atomic E-state index is 12.6. The Kier molecular flexibility index (Phi) is 6.19. The summed E-state index contributed by atoms with van der Waals surface area (Å²) in [5.74, 6) is 0.198. The smallest absolute Gasteiger partial charge is 0.264 e. The number of hydrogen-bond acceptors (Lipinski definition) is 4. The molecule has 0 bridgehead atoms. The molecule has 3 rings (SSSR count). The van der Waals surface area contributed by atoms with Gasteiger partial charge in [-0.3, -0.25) is 9.52 Å². The minimum Gasteiger partial charge on any atom is -0.484 e. The summed E-state index contributed by atoms with van der Waals surface area (Å²) in [6, 6.07) is 22.3. The molecule has 150 valence electrons. The Balaban J connectivity index is 1.62. The van der Waals surface area contributed by atoms with Gasteiger partial charge in [0.1, 0.15) is 5.75 Å². The highest BCUT2D eigenvalue weighted by atomic mass is 32.2. The molecule has 0 fully saturated rings. The fourth-order valence-electron chi connectivity index (χ4n) is 2.64. The number of amides is 1. The monoisotopic (exact) mass is 410 g/mol. The average molecular weight is 410 g/mol. The summed E-state index contributed by atoms with van der Waals surface area (Å²) < 4.78 is 33.2. The number of ether oxygens (including phenoxy) is 1. The summed E-state index contributed by atoms with van der Waals surface area (Å²) in [6.07, 6.45) is 0. The Labute approximate surface area is 170 Å². The van der Waals surface area contributed by atoms with E-state index >= 15 is 0 Å². The number of nitrogens with zero attached hydrogens (tertiary/aromatic N) is 1. The van der Waals surface area contributed by atoms with E-state index in [0.717, 1.165) is 11.3 Å². The number of para-hydroxylation sites is 2. The van der Waals surface area contributed by atoms with Gasteiger partial charge in [-0.2, -0.15) is 0 Å². The molecule has 0 aliphatic carbocycles. The largest absolute Gasteiger partial charge is 0.484 e. The van der Waals surface area contributed by atoms with E-state index in [2.05, 4.69) is 4.72 Å². The summed E-state index contributed by atoms with van der Waals surface area (Å²) in [6.45, 7) is 1.68. The standard InChI is InChI=1S/C22H22N2O4S/c1-17-8-6-7-11-21(17)23-29(26,27)20-14-12-19(13-15-20)28-16-22(25)24(2)18-9-4-3-5-10-18/h3-15,23H,16H2,1-2H3. The van der Waals surface area contributed by atoms with Crippen molar-refractivity contribution in [3.8, 4) is 5.75 Å². The summed E-state index contributed by atoms with van der Waals surface area (Å²) in [5.41, 5.74) is 2.13. The van der Waals surface area contributed by atoms with Crippen molar-refractivity contribution in [3.63, 3.8) is 0 Å². The SMILES string of the molecule is Cc1ccccc1NS(=O)(=O)c1ccc(OCC(=O)N(C)c2ccccc2)cc1. The van der Waals surface area contributed by atoms with Gasteiger partial charge in [-0.05, 0) is 55.0 Å². The van der Waals surface area contributed by atoms with Crippen LogP contribution in [0.1, 0.15) is 5.56 Å². The predicted octanol–water partition coefficient (Wildman–Crippen LogP) is 3.84. The Hall–Kier alpha value is -3.32. The molecule has 0 spiro atoms. The van der Waals surface area contributed by atoms with Crippen molar-refractivity contribution in [1.29, 1.82) is 0 Å². The number of anilines is 2. The number of carbonyl (C=O) groups is 1. The second-order valence-corrected chi connectivity index (χ2v) is 8.15. The number of hydrogen-bond donors (Lipinski definition) is 1. The van der Waals surface area contributed by atoms with Crippen LogP contribution < -0.4 is 14.4 Å². The van der Waals surface area contributed by atoms with E-state index < -0.39 is 10.0 Å². The zero-order valence-corrected chi connectivity index (χ0v) is 17.0. The van der Waals surface area contributed by atoms with Gasteiger partial charge in [0, 0.05) is 12.7 Å². The predicted molar refractivity (Wildman–Crippen MR) is 114 cm³/mol. The van der Waals surface area contributed by atoms with Gasteiger partial charge in [0.25, 0.3) is 15.9 Å². The first-order chi connectivity index (χ1) is 13.9. The summed E-state index contributed by atoms with van der Waals surface area (Å²) in [7, 11) is -2.04. The van der Waals surface area contributed by atoms with E-state index in [4.69, 9.17) is 4.74 Å². The number of rotatable bonds is 7. The minimum atomic E-state index is -3.71. The first-order valence-electron chi connectivity index (χ1n) is 9.00. The van der Waals surface area contributed by atoms with E-state index in [9.17, 15) is 13.2 Å². The van der Waals surface area contributed by atoms with Crippen LogP contribution in [0.25, 0.3) is 0 Å². The van der Waals surface area contributed by atoms with Gasteiger partial charge in [0.05, 0.1) is 10.6 Å². The van der Waals surface area contributed by atoms with Crippen LogP contribution in [0.5, 0.6) is 5.75 Å². The molecule has 3 aromatic carbocycles. The van der Waals surface area contributed by atoms with Crippen LogP contribution in [0.2, 0.25) is 0 Å². The zero-order valence-electron chi connectivity index (χ0n) is 16.2. The number of benzene rings is 3. The molecule has 1 N–H and O–H groups in total. The number of likely N-dealkylation sites (N-methyl/N-ethyl adjacent to an activating group) is 1. The third-order valence-corrected chi connectivity index (χ3v) is 5.78. The van der Waals surface area contributed by atoms with Crippen LogP contribution in [-0.4, -0.2) is 28.0 Å². The van der Waals surface area contributed by atoms with E-state index in [1.54, 1.807) is 19.2 Å². The van der Waals surface area contributed by atoms with Crippen LogP contribution in [0.4, 0.5) is 11.4 Å². The van der Waals surface area contributed by atoms with Crippen LogP contribution >= 0.6 is 0 Å². The Morgan fingerprint density at radius 2 is 1.55 bits per heavy atom. The molecular formula is C22H22N2O4S. The molecular weight excluding hydrogens is 388 g/mol. The van der Waals surface area contributed by atoms with Gasteiger partial charge in [-0.1, -0.05) is 36.4 Å². The molecule has 6 nitrogen and oxygen atoms in total. The lowest BCUT2D eigenvalue weighted by atomic mass is 10.2. The molecule has 7 heteroatoms. The summed E-state index contributed by atoms with van der Waals surface area (Å²) >= 11 is 0. The third-order valence-electron chi connectivity index (χ3n) is 4.40. The Morgan fingerprint density at radius 1 is 0.931 bits per heavy atom. The van der Waals surface area contributed by atoms with Gasteiger partial charge in [0.2, 0.25) is 0 Å². The fourth-order valence-corrected chi connectivity index (χ4v) is 3.77. The molecule has 0 saturated heterocycles. The second-order valence-electron chi connectivity index (χ2n) is 6.47. The Morgan fingerprint density at radius 3 is 2.21 bits per heavy atom. The topological polar surface area (TPSA) is 75.7 Å². The molecule has 0 atom stereocenters. The Bertz CT molecular complexity index is 1080. The van der Waals surface area contributed by atoms with Crippen molar-refractivity contribution in [2.24, 2.45) is 0 Å². The lowest BCUT2D eigenvalue weighted by Gasteiger charge is -2.17. The molecule has 29 heavy (non-hydrogen) atoms.